The van der Waals surface area contributed by atoms with Gasteiger partial charge in [0.05, 0.1) is 5.54 Å². The van der Waals surface area contributed by atoms with Crippen molar-refractivity contribution in [3.63, 3.8) is 0 Å². The first kappa shape index (κ1) is 11.9. The van der Waals surface area contributed by atoms with Crippen molar-refractivity contribution in [2.45, 2.75) is 57.5 Å². The lowest BCUT2D eigenvalue weighted by molar-refractivity contribution is -0.122. The van der Waals surface area contributed by atoms with E-state index in [1.165, 1.54) is 38.6 Å². The van der Waals surface area contributed by atoms with Crippen LogP contribution in [0.4, 0.5) is 0 Å². The minimum atomic E-state index is 0.169. The average Bonchev–Trinajstić information content (AvgIpc) is 2.50. The molecule has 0 aromatic carbocycles. The normalized spacial score (nSPS) is 32.3. The summed E-state index contributed by atoms with van der Waals surface area (Å²) in [5.41, 5.74) is 0.169. The van der Waals surface area contributed by atoms with Gasteiger partial charge in [-0.25, -0.2) is 0 Å². The smallest absolute Gasteiger partial charge is 0.210 e. The summed E-state index contributed by atoms with van der Waals surface area (Å²) < 4.78 is 0. The van der Waals surface area contributed by atoms with Crippen molar-refractivity contribution in [3.05, 3.63) is 0 Å². The highest BCUT2D eigenvalue weighted by Crippen LogP contribution is 2.36. The second-order valence-electron chi connectivity index (χ2n) is 5.65. The van der Waals surface area contributed by atoms with Crippen LogP contribution in [0.3, 0.4) is 0 Å². The summed E-state index contributed by atoms with van der Waals surface area (Å²) in [7, 11) is 0. The van der Waals surface area contributed by atoms with Crippen LogP contribution in [-0.2, 0) is 4.79 Å². The van der Waals surface area contributed by atoms with E-state index in [0.29, 0.717) is 6.04 Å². The maximum absolute atomic E-state index is 11.2. The Morgan fingerprint density at radius 3 is 2.56 bits per heavy atom. The Hall–Kier alpha value is -0.570. The van der Waals surface area contributed by atoms with Crippen molar-refractivity contribution in [2.75, 3.05) is 19.6 Å². The van der Waals surface area contributed by atoms with Crippen LogP contribution < -0.4 is 0 Å². The fourth-order valence-corrected chi connectivity index (χ4v) is 3.31. The molecule has 0 saturated carbocycles. The highest BCUT2D eigenvalue weighted by atomic mass is 16.1. The van der Waals surface area contributed by atoms with Crippen LogP contribution in [-0.4, -0.2) is 47.4 Å². The molecular weight excluding hydrogens is 200 g/mol. The first-order chi connectivity index (χ1) is 7.68. The molecule has 1 atom stereocenters. The van der Waals surface area contributed by atoms with Gasteiger partial charge in [0.1, 0.15) is 0 Å². The maximum atomic E-state index is 11.2. The van der Waals surface area contributed by atoms with E-state index in [1.807, 2.05) is 0 Å². The van der Waals surface area contributed by atoms with Crippen LogP contribution in [0.25, 0.3) is 0 Å². The molecule has 2 rings (SSSR count). The van der Waals surface area contributed by atoms with Crippen molar-refractivity contribution >= 4 is 6.41 Å². The monoisotopic (exact) mass is 224 g/mol. The third-order valence-electron chi connectivity index (χ3n) is 4.34. The number of nitrogens with zero attached hydrogens (tertiary/aromatic N) is 2. The lowest BCUT2D eigenvalue weighted by Gasteiger charge is -2.40. The Morgan fingerprint density at radius 1 is 1.12 bits per heavy atom. The second-order valence-corrected chi connectivity index (χ2v) is 5.65. The summed E-state index contributed by atoms with van der Waals surface area (Å²) in [4.78, 5) is 15.8. The quantitative estimate of drug-likeness (QED) is 0.669. The lowest BCUT2D eigenvalue weighted by atomic mass is 9.90. The zero-order valence-electron chi connectivity index (χ0n) is 10.6. The predicted octanol–water partition coefficient (Wildman–Crippen LogP) is 1.87. The Morgan fingerprint density at radius 2 is 1.88 bits per heavy atom. The molecule has 0 radical (unpaired) electrons. The minimum absolute atomic E-state index is 0.169. The minimum Gasteiger partial charge on any atom is -0.338 e. The van der Waals surface area contributed by atoms with Gasteiger partial charge in [0.2, 0.25) is 6.41 Å². The Labute approximate surface area is 98.8 Å². The van der Waals surface area contributed by atoms with Gasteiger partial charge >= 0.3 is 0 Å². The van der Waals surface area contributed by atoms with Gasteiger partial charge in [0.15, 0.2) is 0 Å². The topological polar surface area (TPSA) is 23.6 Å². The molecule has 2 heterocycles. The largest absolute Gasteiger partial charge is 0.338 e. The predicted molar refractivity (Wildman–Crippen MR) is 65.3 cm³/mol. The Bertz CT molecular complexity index is 254. The molecule has 1 amide bonds. The number of likely N-dealkylation sites (tertiary alicyclic amines) is 2. The van der Waals surface area contributed by atoms with Crippen molar-refractivity contribution in [1.82, 2.24) is 9.80 Å². The van der Waals surface area contributed by atoms with Crippen LogP contribution in [0, 0.1) is 0 Å². The second kappa shape index (κ2) is 4.74. The number of rotatable bonds is 2. The van der Waals surface area contributed by atoms with E-state index in [-0.39, 0.29) is 5.54 Å². The number of carbonyl (C=O) groups is 1. The SMILES string of the molecule is CC(C)N1CCCCC2(CCCN2C=O)C1. The fraction of sp³-hybridized carbons (Fsp3) is 0.923. The van der Waals surface area contributed by atoms with E-state index in [4.69, 9.17) is 0 Å². The first-order valence-electron chi connectivity index (χ1n) is 6.64. The van der Waals surface area contributed by atoms with E-state index < -0.39 is 0 Å². The zero-order valence-corrected chi connectivity index (χ0v) is 10.6. The van der Waals surface area contributed by atoms with Crippen LogP contribution in [0.1, 0.15) is 46.0 Å². The van der Waals surface area contributed by atoms with E-state index in [2.05, 4.69) is 23.6 Å². The molecule has 0 N–H and O–H groups in total. The molecule has 16 heavy (non-hydrogen) atoms. The zero-order chi connectivity index (χ0) is 11.6. The summed E-state index contributed by atoms with van der Waals surface area (Å²) in [6.45, 7) is 7.78. The van der Waals surface area contributed by atoms with Gasteiger partial charge in [0, 0.05) is 19.1 Å². The average molecular weight is 224 g/mol. The third kappa shape index (κ3) is 2.10. The van der Waals surface area contributed by atoms with E-state index in [0.717, 1.165) is 19.5 Å². The van der Waals surface area contributed by atoms with E-state index in [9.17, 15) is 4.79 Å². The summed E-state index contributed by atoms with van der Waals surface area (Å²) in [6, 6.07) is 0.601. The van der Waals surface area contributed by atoms with Crippen molar-refractivity contribution < 1.29 is 4.79 Å². The fourth-order valence-electron chi connectivity index (χ4n) is 3.31. The highest BCUT2D eigenvalue weighted by molar-refractivity contribution is 5.50. The molecule has 0 aromatic heterocycles. The molecular formula is C13H24N2O. The summed E-state index contributed by atoms with van der Waals surface area (Å²) in [5.74, 6) is 0. The Balaban J connectivity index is 2.15. The molecule has 1 unspecified atom stereocenters. The number of hydrogen-bond acceptors (Lipinski definition) is 2. The standard InChI is InChI=1S/C13H24N2O/c1-12(2)14-8-4-3-6-13(10-14)7-5-9-15(13)11-16/h11-12H,3-10H2,1-2H3. The van der Waals surface area contributed by atoms with Gasteiger partial charge in [-0.2, -0.15) is 0 Å². The number of carbonyl (C=O) groups excluding carboxylic acids is 1. The summed E-state index contributed by atoms with van der Waals surface area (Å²) >= 11 is 0. The molecule has 3 nitrogen and oxygen atoms in total. The molecule has 92 valence electrons. The first-order valence-corrected chi connectivity index (χ1v) is 6.64. The van der Waals surface area contributed by atoms with Crippen molar-refractivity contribution in [2.24, 2.45) is 0 Å². The lowest BCUT2D eigenvalue weighted by Crippen LogP contribution is -2.51. The van der Waals surface area contributed by atoms with Crippen LogP contribution in [0.15, 0.2) is 0 Å². The summed E-state index contributed by atoms with van der Waals surface area (Å²) in [5, 5.41) is 0. The van der Waals surface area contributed by atoms with Crippen LogP contribution in [0.5, 0.6) is 0 Å². The van der Waals surface area contributed by atoms with Gasteiger partial charge in [-0.15, -0.1) is 0 Å². The number of hydrogen-bond donors (Lipinski definition) is 0. The van der Waals surface area contributed by atoms with Crippen molar-refractivity contribution in [1.29, 1.82) is 0 Å². The van der Waals surface area contributed by atoms with Gasteiger partial charge in [-0.05, 0) is 52.5 Å². The number of amides is 1. The molecule has 2 fully saturated rings. The molecule has 0 bridgehead atoms. The molecule has 2 aliphatic rings. The van der Waals surface area contributed by atoms with Gasteiger partial charge in [0.25, 0.3) is 0 Å². The highest BCUT2D eigenvalue weighted by Gasteiger charge is 2.42. The van der Waals surface area contributed by atoms with Gasteiger partial charge < -0.3 is 4.90 Å². The van der Waals surface area contributed by atoms with Gasteiger partial charge in [-0.1, -0.05) is 0 Å². The maximum Gasteiger partial charge on any atom is 0.210 e. The van der Waals surface area contributed by atoms with E-state index in [1.54, 1.807) is 0 Å². The van der Waals surface area contributed by atoms with E-state index >= 15 is 0 Å². The third-order valence-corrected chi connectivity index (χ3v) is 4.34. The molecule has 2 saturated heterocycles. The van der Waals surface area contributed by atoms with Crippen molar-refractivity contribution in [3.8, 4) is 0 Å². The molecule has 2 aliphatic heterocycles. The van der Waals surface area contributed by atoms with Crippen LogP contribution in [0.2, 0.25) is 0 Å². The molecule has 3 heteroatoms. The van der Waals surface area contributed by atoms with Crippen LogP contribution >= 0.6 is 0 Å². The summed E-state index contributed by atoms with van der Waals surface area (Å²) in [6.07, 6.45) is 7.23. The molecule has 1 spiro atoms. The molecule has 0 aliphatic carbocycles. The Kier molecular flexibility index (Phi) is 3.53. The van der Waals surface area contributed by atoms with Gasteiger partial charge in [-0.3, -0.25) is 9.69 Å². The molecule has 0 aromatic rings.